The van der Waals surface area contributed by atoms with E-state index >= 15 is 0 Å². The molecule has 0 aliphatic carbocycles. The topological polar surface area (TPSA) is 94.2 Å². The summed E-state index contributed by atoms with van der Waals surface area (Å²) in [7, 11) is 0.936. The van der Waals surface area contributed by atoms with E-state index in [1.165, 1.54) is 31.7 Å². The highest BCUT2D eigenvalue weighted by Crippen LogP contribution is 2.38. The van der Waals surface area contributed by atoms with E-state index in [2.05, 4.69) is 5.32 Å². The molecule has 2 aromatic carbocycles. The lowest BCUT2D eigenvalue weighted by Gasteiger charge is -2.26. The minimum Gasteiger partial charge on any atom is -0.493 e. The summed E-state index contributed by atoms with van der Waals surface area (Å²) in [6.07, 6.45) is 2.74. The molecule has 0 aromatic heterocycles. The number of piperidine rings is 1. The van der Waals surface area contributed by atoms with E-state index in [1.807, 2.05) is 0 Å². The van der Waals surface area contributed by atoms with Crippen LogP contribution in [0.15, 0.2) is 35.2 Å². The first-order chi connectivity index (χ1) is 15.3. The quantitative estimate of drug-likeness (QED) is 0.648. The molecule has 3 rings (SSSR count). The van der Waals surface area contributed by atoms with Crippen molar-refractivity contribution >= 4 is 15.9 Å². The van der Waals surface area contributed by atoms with Crippen LogP contribution in [0.2, 0.25) is 0 Å². The number of rotatable bonds is 8. The van der Waals surface area contributed by atoms with Crippen LogP contribution < -0.4 is 19.5 Å². The normalized spacial score (nSPS) is 14.6. The molecule has 0 bridgehead atoms. The Kier molecular flexibility index (Phi) is 7.63. The van der Waals surface area contributed by atoms with Crippen molar-refractivity contribution in [2.24, 2.45) is 0 Å². The van der Waals surface area contributed by atoms with E-state index in [1.54, 1.807) is 31.2 Å². The Balaban J connectivity index is 1.80. The van der Waals surface area contributed by atoms with Gasteiger partial charge in [-0.1, -0.05) is 12.5 Å². The molecule has 1 heterocycles. The second kappa shape index (κ2) is 10.2. The van der Waals surface area contributed by atoms with Gasteiger partial charge in [0.1, 0.15) is 0 Å². The van der Waals surface area contributed by atoms with Crippen molar-refractivity contribution in [1.29, 1.82) is 0 Å². The van der Waals surface area contributed by atoms with E-state index in [9.17, 15) is 13.2 Å². The molecule has 8 nitrogen and oxygen atoms in total. The first-order valence-electron chi connectivity index (χ1n) is 10.5. The highest BCUT2D eigenvalue weighted by atomic mass is 32.2. The molecule has 1 fully saturated rings. The monoisotopic (exact) mass is 462 g/mol. The molecule has 1 amide bonds. The summed E-state index contributed by atoms with van der Waals surface area (Å²) in [6, 6.07) is 8.27. The number of aryl methyl sites for hydroxylation is 1. The molecule has 1 aliphatic rings. The molecule has 1 saturated heterocycles. The van der Waals surface area contributed by atoms with Crippen LogP contribution in [0.1, 0.15) is 40.7 Å². The van der Waals surface area contributed by atoms with Crippen LogP contribution in [0.5, 0.6) is 17.2 Å². The summed E-state index contributed by atoms with van der Waals surface area (Å²) in [5, 5.41) is 2.83. The lowest BCUT2D eigenvalue weighted by molar-refractivity contribution is 0.0950. The SMILES string of the molecule is COc1cc(CNC(=O)c2ccc(C)c(S(=O)(=O)N3CCCCC3)c2)cc(OC)c1OC. The van der Waals surface area contributed by atoms with Gasteiger partial charge in [0.05, 0.1) is 26.2 Å². The van der Waals surface area contributed by atoms with Gasteiger partial charge in [0.2, 0.25) is 15.8 Å². The Bertz CT molecular complexity index is 1050. The average molecular weight is 463 g/mol. The number of hydrogen-bond donors (Lipinski definition) is 1. The van der Waals surface area contributed by atoms with Gasteiger partial charge in [-0.25, -0.2) is 8.42 Å². The smallest absolute Gasteiger partial charge is 0.251 e. The van der Waals surface area contributed by atoms with Crippen molar-refractivity contribution in [3.05, 3.63) is 47.0 Å². The molecule has 0 atom stereocenters. The van der Waals surface area contributed by atoms with E-state index in [4.69, 9.17) is 14.2 Å². The molecule has 0 saturated carbocycles. The minimum atomic E-state index is -3.64. The van der Waals surface area contributed by atoms with Crippen LogP contribution in [0.3, 0.4) is 0 Å². The number of carbonyl (C=O) groups excluding carboxylic acids is 1. The third-order valence-corrected chi connectivity index (χ3v) is 7.60. The van der Waals surface area contributed by atoms with Crippen LogP contribution in [0, 0.1) is 6.92 Å². The number of nitrogens with zero attached hydrogens (tertiary/aromatic N) is 1. The van der Waals surface area contributed by atoms with Gasteiger partial charge in [-0.05, 0) is 55.2 Å². The van der Waals surface area contributed by atoms with Gasteiger partial charge in [0, 0.05) is 25.2 Å². The number of amides is 1. The molecular formula is C23H30N2O6S. The molecular weight excluding hydrogens is 432 g/mol. The Morgan fingerprint density at radius 3 is 2.16 bits per heavy atom. The van der Waals surface area contributed by atoms with Crippen molar-refractivity contribution in [1.82, 2.24) is 9.62 Å². The largest absolute Gasteiger partial charge is 0.493 e. The van der Waals surface area contributed by atoms with Gasteiger partial charge in [-0.15, -0.1) is 0 Å². The Morgan fingerprint density at radius 1 is 0.969 bits per heavy atom. The maximum atomic E-state index is 13.1. The number of ether oxygens (including phenoxy) is 3. The number of carbonyl (C=O) groups is 1. The van der Waals surface area contributed by atoms with Crippen LogP contribution >= 0.6 is 0 Å². The zero-order valence-electron chi connectivity index (χ0n) is 18.9. The summed E-state index contributed by atoms with van der Waals surface area (Å²) in [4.78, 5) is 13.0. The Labute approximate surface area is 189 Å². The van der Waals surface area contributed by atoms with Gasteiger partial charge < -0.3 is 19.5 Å². The third kappa shape index (κ3) is 4.99. The summed E-state index contributed by atoms with van der Waals surface area (Å²) in [6.45, 7) is 2.98. The van der Waals surface area contributed by atoms with Crippen LogP contribution in [0.4, 0.5) is 0 Å². The average Bonchev–Trinajstić information content (AvgIpc) is 2.82. The van der Waals surface area contributed by atoms with Gasteiger partial charge in [0.15, 0.2) is 11.5 Å². The standard InChI is InChI=1S/C23H30N2O6S/c1-16-8-9-18(14-21(16)32(27,28)25-10-6-5-7-11-25)23(26)24-15-17-12-19(29-2)22(31-4)20(13-17)30-3/h8-9,12-14H,5-7,10-11,15H2,1-4H3,(H,24,26). The van der Waals surface area contributed by atoms with Gasteiger partial charge in [-0.2, -0.15) is 4.31 Å². The lowest BCUT2D eigenvalue weighted by Crippen LogP contribution is -2.36. The first kappa shape index (κ1) is 23.9. The zero-order valence-corrected chi connectivity index (χ0v) is 19.8. The van der Waals surface area contributed by atoms with Gasteiger partial charge >= 0.3 is 0 Å². The minimum absolute atomic E-state index is 0.180. The lowest BCUT2D eigenvalue weighted by atomic mass is 10.1. The van der Waals surface area contributed by atoms with Crippen LogP contribution in [0.25, 0.3) is 0 Å². The molecule has 0 radical (unpaired) electrons. The molecule has 32 heavy (non-hydrogen) atoms. The van der Waals surface area contributed by atoms with Crippen LogP contribution in [-0.4, -0.2) is 53.0 Å². The van der Waals surface area contributed by atoms with Crippen molar-refractivity contribution in [3.8, 4) is 17.2 Å². The maximum Gasteiger partial charge on any atom is 0.251 e. The number of methoxy groups -OCH3 is 3. The van der Waals surface area contributed by atoms with E-state index < -0.39 is 10.0 Å². The molecule has 9 heteroatoms. The highest BCUT2D eigenvalue weighted by Gasteiger charge is 2.28. The second-order valence-electron chi connectivity index (χ2n) is 7.66. The van der Waals surface area contributed by atoms with Crippen LogP contribution in [-0.2, 0) is 16.6 Å². The van der Waals surface area contributed by atoms with E-state index in [-0.39, 0.29) is 17.3 Å². The number of nitrogens with one attached hydrogen (secondary N) is 1. The Morgan fingerprint density at radius 2 is 1.59 bits per heavy atom. The summed E-state index contributed by atoms with van der Waals surface area (Å²) in [5.74, 6) is 1.08. The van der Waals surface area contributed by atoms with Gasteiger partial charge in [-0.3, -0.25) is 4.79 Å². The van der Waals surface area contributed by atoms with E-state index in [0.29, 0.717) is 41.5 Å². The number of benzene rings is 2. The fourth-order valence-corrected chi connectivity index (χ4v) is 5.55. The van der Waals surface area contributed by atoms with Gasteiger partial charge in [0.25, 0.3) is 5.91 Å². The molecule has 174 valence electrons. The maximum absolute atomic E-state index is 13.1. The molecule has 2 aromatic rings. The van der Waals surface area contributed by atoms with Crippen molar-refractivity contribution in [2.75, 3.05) is 34.4 Å². The molecule has 0 spiro atoms. The molecule has 1 aliphatic heterocycles. The van der Waals surface area contributed by atoms with Crippen molar-refractivity contribution < 1.29 is 27.4 Å². The predicted octanol–water partition coefficient (Wildman–Crippen LogP) is 3.13. The fraction of sp³-hybridized carbons (Fsp3) is 0.435. The summed E-state index contributed by atoms with van der Waals surface area (Å²) >= 11 is 0. The highest BCUT2D eigenvalue weighted by molar-refractivity contribution is 7.89. The molecule has 0 unspecified atom stereocenters. The van der Waals surface area contributed by atoms with Crippen molar-refractivity contribution in [3.63, 3.8) is 0 Å². The molecule has 1 N–H and O–H groups in total. The Hall–Kier alpha value is -2.78. The number of sulfonamides is 1. The zero-order chi connectivity index (χ0) is 23.3. The third-order valence-electron chi connectivity index (χ3n) is 5.56. The van der Waals surface area contributed by atoms with E-state index in [0.717, 1.165) is 24.8 Å². The summed E-state index contributed by atoms with van der Waals surface area (Å²) < 4.78 is 43.8. The fourth-order valence-electron chi connectivity index (χ4n) is 3.79. The first-order valence-corrected chi connectivity index (χ1v) is 11.9. The number of hydrogen-bond acceptors (Lipinski definition) is 6. The summed E-state index contributed by atoms with van der Waals surface area (Å²) in [5.41, 5.74) is 1.66. The van der Waals surface area contributed by atoms with Crippen molar-refractivity contribution in [2.45, 2.75) is 37.6 Å². The predicted molar refractivity (Wildman–Crippen MR) is 121 cm³/mol. The second-order valence-corrected chi connectivity index (χ2v) is 9.57.